The van der Waals surface area contributed by atoms with Crippen LogP contribution in [0, 0.1) is 0 Å². The van der Waals surface area contributed by atoms with Gasteiger partial charge in [-0.15, -0.1) is 0 Å². The lowest BCUT2D eigenvalue weighted by Crippen LogP contribution is -2.04. The minimum Gasteiger partial charge on any atom is -0.493 e. The maximum atomic E-state index is 11.3. The third-order valence-corrected chi connectivity index (χ3v) is 3.39. The van der Waals surface area contributed by atoms with Crippen LogP contribution in [0.5, 0.6) is 11.5 Å². The van der Waals surface area contributed by atoms with Gasteiger partial charge in [0.25, 0.3) is 0 Å². The van der Waals surface area contributed by atoms with Crippen LogP contribution in [-0.4, -0.2) is 25.2 Å². The number of nitrogens with zero attached hydrogens (tertiary/aromatic N) is 1. The molecule has 2 rings (SSSR count). The lowest BCUT2D eigenvalue weighted by atomic mass is 10.2. The van der Waals surface area contributed by atoms with Crippen LogP contribution in [0.2, 0.25) is 0 Å². The van der Waals surface area contributed by atoms with Gasteiger partial charge in [-0.1, -0.05) is 6.07 Å². The van der Waals surface area contributed by atoms with Gasteiger partial charge in [-0.25, -0.2) is 4.79 Å². The highest BCUT2D eigenvalue weighted by molar-refractivity contribution is 9.10. The SMILES string of the molecule is COC(=O)c1ccc(COc2c(Br)cccc2OC)nc1. The van der Waals surface area contributed by atoms with E-state index in [-0.39, 0.29) is 6.61 Å². The Hall–Kier alpha value is -2.08. The Kier molecular flexibility index (Phi) is 5.16. The number of para-hydroxylation sites is 1. The summed E-state index contributed by atoms with van der Waals surface area (Å²) in [7, 11) is 2.91. The third-order valence-electron chi connectivity index (χ3n) is 2.76. The molecule has 1 heterocycles. The van der Waals surface area contributed by atoms with Gasteiger partial charge in [-0.05, 0) is 40.2 Å². The summed E-state index contributed by atoms with van der Waals surface area (Å²) in [5.74, 6) is 0.830. The molecule has 1 aromatic heterocycles. The van der Waals surface area contributed by atoms with E-state index < -0.39 is 5.97 Å². The van der Waals surface area contributed by atoms with Crippen molar-refractivity contribution in [2.45, 2.75) is 6.61 Å². The van der Waals surface area contributed by atoms with Crippen molar-refractivity contribution in [2.24, 2.45) is 0 Å². The van der Waals surface area contributed by atoms with E-state index in [1.807, 2.05) is 18.2 Å². The van der Waals surface area contributed by atoms with Gasteiger partial charge in [0.05, 0.1) is 29.9 Å². The van der Waals surface area contributed by atoms with E-state index in [1.165, 1.54) is 13.3 Å². The molecule has 0 saturated heterocycles. The monoisotopic (exact) mass is 351 g/mol. The van der Waals surface area contributed by atoms with Crippen molar-refractivity contribution in [1.82, 2.24) is 4.98 Å². The number of hydrogen-bond donors (Lipinski definition) is 0. The van der Waals surface area contributed by atoms with Gasteiger partial charge in [0, 0.05) is 6.20 Å². The largest absolute Gasteiger partial charge is 0.493 e. The van der Waals surface area contributed by atoms with E-state index in [2.05, 4.69) is 25.7 Å². The molecule has 0 N–H and O–H groups in total. The minimum atomic E-state index is -0.414. The Morgan fingerprint density at radius 3 is 2.67 bits per heavy atom. The van der Waals surface area contributed by atoms with Crippen molar-refractivity contribution in [2.75, 3.05) is 14.2 Å². The molecule has 0 unspecified atom stereocenters. The summed E-state index contributed by atoms with van der Waals surface area (Å²) < 4.78 is 16.4. The molecule has 5 nitrogen and oxygen atoms in total. The normalized spacial score (nSPS) is 10.0. The summed E-state index contributed by atoms with van der Waals surface area (Å²) >= 11 is 3.41. The smallest absolute Gasteiger partial charge is 0.339 e. The molecule has 2 aromatic rings. The van der Waals surface area contributed by atoms with E-state index >= 15 is 0 Å². The molecular formula is C15H14BrNO4. The van der Waals surface area contributed by atoms with Crippen molar-refractivity contribution < 1.29 is 19.0 Å². The number of aromatic nitrogens is 1. The number of halogens is 1. The molecule has 0 saturated carbocycles. The van der Waals surface area contributed by atoms with Crippen molar-refractivity contribution in [3.05, 3.63) is 52.3 Å². The average molecular weight is 352 g/mol. The quantitative estimate of drug-likeness (QED) is 0.774. The van der Waals surface area contributed by atoms with Gasteiger partial charge in [0.15, 0.2) is 11.5 Å². The van der Waals surface area contributed by atoms with Crippen LogP contribution in [0.1, 0.15) is 16.1 Å². The van der Waals surface area contributed by atoms with E-state index in [9.17, 15) is 4.79 Å². The first-order valence-electron chi connectivity index (χ1n) is 6.14. The lowest BCUT2D eigenvalue weighted by molar-refractivity contribution is 0.0600. The van der Waals surface area contributed by atoms with Crippen LogP contribution in [-0.2, 0) is 11.3 Å². The van der Waals surface area contributed by atoms with Gasteiger partial charge in [0.2, 0.25) is 0 Å². The summed E-state index contributed by atoms with van der Waals surface area (Å²) in [5.41, 5.74) is 1.10. The summed E-state index contributed by atoms with van der Waals surface area (Å²) in [6.07, 6.45) is 1.46. The molecule has 0 spiro atoms. The molecule has 0 bridgehead atoms. The van der Waals surface area contributed by atoms with Crippen LogP contribution in [0.3, 0.4) is 0 Å². The van der Waals surface area contributed by atoms with Crippen molar-refractivity contribution in [1.29, 1.82) is 0 Å². The highest BCUT2D eigenvalue weighted by Gasteiger charge is 2.10. The summed E-state index contributed by atoms with van der Waals surface area (Å²) in [4.78, 5) is 15.5. The zero-order valence-corrected chi connectivity index (χ0v) is 13.2. The zero-order chi connectivity index (χ0) is 15.2. The van der Waals surface area contributed by atoms with E-state index in [4.69, 9.17) is 9.47 Å². The number of benzene rings is 1. The van der Waals surface area contributed by atoms with Crippen molar-refractivity contribution in [3.63, 3.8) is 0 Å². The number of carbonyl (C=O) groups is 1. The van der Waals surface area contributed by atoms with E-state index in [0.717, 1.165) is 4.47 Å². The van der Waals surface area contributed by atoms with Crippen LogP contribution in [0.15, 0.2) is 41.0 Å². The molecule has 1 aromatic carbocycles. The fourth-order valence-electron chi connectivity index (χ4n) is 1.68. The first-order valence-corrected chi connectivity index (χ1v) is 6.93. The van der Waals surface area contributed by atoms with Crippen LogP contribution in [0.4, 0.5) is 0 Å². The molecule has 0 fully saturated rings. The molecule has 0 aliphatic heterocycles. The van der Waals surface area contributed by atoms with Crippen LogP contribution >= 0.6 is 15.9 Å². The number of methoxy groups -OCH3 is 2. The van der Waals surface area contributed by atoms with E-state index in [1.54, 1.807) is 19.2 Å². The van der Waals surface area contributed by atoms with Crippen LogP contribution in [0.25, 0.3) is 0 Å². The lowest BCUT2D eigenvalue weighted by Gasteiger charge is -2.12. The molecule has 0 aliphatic rings. The Labute approximate surface area is 131 Å². The highest BCUT2D eigenvalue weighted by atomic mass is 79.9. The van der Waals surface area contributed by atoms with Crippen molar-refractivity contribution in [3.8, 4) is 11.5 Å². The zero-order valence-electron chi connectivity index (χ0n) is 11.6. The second-order valence-electron chi connectivity index (χ2n) is 4.09. The molecule has 6 heteroatoms. The third kappa shape index (κ3) is 3.72. The Morgan fingerprint density at radius 1 is 1.24 bits per heavy atom. The molecule has 0 radical (unpaired) electrons. The predicted molar refractivity (Wildman–Crippen MR) is 80.6 cm³/mol. The first kappa shape index (κ1) is 15.3. The molecular weight excluding hydrogens is 338 g/mol. The topological polar surface area (TPSA) is 57.7 Å². The van der Waals surface area contributed by atoms with Gasteiger partial charge >= 0.3 is 5.97 Å². The maximum absolute atomic E-state index is 11.3. The van der Waals surface area contributed by atoms with Gasteiger partial charge in [-0.2, -0.15) is 0 Å². The molecule has 0 amide bonds. The highest BCUT2D eigenvalue weighted by Crippen LogP contribution is 2.35. The van der Waals surface area contributed by atoms with Gasteiger partial charge < -0.3 is 14.2 Å². The molecule has 110 valence electrons. The number of ether oxygens (including phenoxy) is 3. The van der Waals surface area contributed by atoms with Gasteiger partial charge in [-0.3, -0.25) is 4.98 Å². The Bertz CT molecular complexity index is 628. The number of esters is 1. The molecule has 21 heavy (non-hydrogen) atoms. The fraction of sp³-hybridized carbons (Fsp3) is 0.200. The summed E-state index contributed by atoms with van der Waals surface area (Å²) in [5, 5.41) is 0. The Morgan fingerprint density at radius 2 is 2.05 bits per heavy atom. The molecule has 0 atom stereocenters. The predicted octanol–water partition coefficient (Wildman–Crippen LogP) is 3.22. The number of carbonyl (C=O) groups excluding carboxylic acids is 1. The second-order valence-corrected chi connectivity index (χ2v) is 4.94. The summed E-state index contributed by atoms with van der Waals surface area (Å²) in [6, 6.07) is 8.91. The van der Waals surface area contributed by atoms with Gasteiger partial charge in [0.1, 0.15) is 6.61 Å². The minimum absolute atomic E-state index is 0.264. The van der Waals surface area contributed by atoms with Crippen molar-refractivity contribution >= 4 is 21.9 Å². The van der Waals surface area contributed by atoms with E-state index in [0.29, 0.717) is 22.8 Å². The standard InChI is InChI=1S/C15H14BrNO4/c1-19-13-5-3-4-12(16)14(13)21-9-11-7-6-10(8-17-11)15(18)20-2/h3-8H,9H2,1-2H3. The first-order chi connectivity index (χ1) is 10.2. The Balaban J connectivity index is 2.08. The number of rotatable bonds is 5. The summed E-state index contributed by atoms with van der Waals surface area (Å²) in [6.45, 7) is 0.264. The van der Waals surface area contributed by atoms with Crippen LogP contribution < -0.4 is 9.47 Å². The number of pyridine rings is 1. The maximum Gasteiger partial charge on any atom is 0.339 e. The second kappa shape index (κ2) is 7.08. The average Bonchev–Trinajstić information content (AvgIpc) is 2.53. The number of hydrogen-bond acceptors (Lipinski definition) is 5. The fourth-order valence-corrected chi connectivity index (χ4v) is 2.15. The molecule has 0 aliphatic carbocycles.